The summed E-state index contributed by atoms with van der Waals surface area (Å²) in [6.45, 7) is 1.61. The highest BCUT2D eigenvalue weighted by atomic mass is 16.6. The lowest BCUT2D eigenvalue weighted by atomic mass is 10.2. The maximum absolute atomic E-state index is 12.1. The summed E-state index contributed by atoms with van der Waals surface area (Å²) in [5.41, 5.74) is 8.76. The van der Waals surface area contributed by atoms with Crippen LogP contribution in [0.15, 0.2) is 34.0 Å². The van der Waals surface area contributed by atoms with Crippen molar-refractivity contribution in [1.82, 2.24) is 30.7 Å². The normalized spacial score (nSPS) is 11.0. The number of aromatic hydroxyl groups is 1. The molecular formula is C13H12N8O3. The average molecular weight is 328 g/mol. The van der Waals surface area contributed by atoms with Gasteiger partial charge in [0.05, 0.1) is 11.9 Å². The fraction of sp³-hybridized carbons (Fsp3) is 0.0769. The molecule has 11 nitrogen and oxygen atoms in total. The summed E-state index contributed by atoms with van der Waals surface area (Å²) in [5, 5.41) is 28.0. The van der Waals surface area contributed by atoms with E-state index in [-0.39, 0.29) is 23.1 Å². The van der Waals surface area contributed by atoms with Crippen molar-refractivity contribution in [2.75, 3.05) is 5.73 Å². The molecule has 0 radical (unpaired) electrons. The SMILES string of the molecule is Cc1c(C(=O)NN=Cc2ccccc2O)nnn1-c1nonc1N. The molecule has 2 aromatic heterocycles. The van der Waals surface area contributed by atoms with Crippen LogP contribution in [0.25, 0.3) is 5.82 Å². The zero-order valence-corrected chi connectivity index (χ0v) is 12.4. The topological polar surface area (TPSA) is 157 Å². The summed E-state index contributed by atoms with van der Waals surface area (Å²) in [6, 6.07) is 6.56. The number of amides is 1. The number of rotatable bonds is 4. The lowest BCUT2D eigenvalue weighted by Crippen LogP contribution is -2.19. The monoisotopic (exact) mass is 328 g/mol. The van der Waals surface area contributed by atoms with E-state index in [1.54, 1.807) is 25.1 Å². The Balaban J connectivity index is 1.76. The van der Waals surface area contributed by atoms with E-state index in [0.29, 0.717) is 11.3 Å². The van der Waals surface area contributed by atoms with Gasteiger partial charge in [-0.3, -0.25) is 4.79 Å². The number of phenolic OH excluding ortho intramolecular Hbond substituents is 1. The summed E-state index contributed by atoms with van der Waals surface area (Å²) in [7, 11) is 0. The number of hydrazone groups is 1. The van der Waals surface area contributed by atoms with Crippen molar-refractivity contribution in [2.24, 2.45) is 5.10 Å². The number of nitrogens with two attached hydrogens (primary N) is 1. The second-order valence-electron chi connectivity index (χ2n) is 4.67. The van der Waals surface area contributed by atoms with Gasteiger partial charge < -0.3 is 10.8 Å². The first-order chi connectivity index (χ1) is 11.6. The van der Waals surface area contributed by atoms with Gasteiger partial charge in [0.2, 0.25) is 11.6 Å². The van der Waals surface area contributed by atoms with Gasteiger partial charge in [-0.2, -0.15) is 9.78 Å². The van der Waals surface area contributed by atoms with Crippen LogP contribution in [0.2, 0.25) is 0 Å². The van der Waals surface area contributed by atoms with Crippen LogP contribution in [0.3, 0.4) is 0 Å². The Morgan fingerprint density at radius 3 is 2.92 bits per heavy atom. The maximum atomic E-state index is 12.1. The van der Waals surface area contributed by atoms with Crippen LogP contribution in [0.5, 0.6) is 5.75 Å². The standard InChI is InChI=1S/C13H12N8O3/c1-7-10(16-20-21(7)12-11(14)18-24-19-12)13(23)17-15-6-8-4-2-3-5-9(8)22/h2-6,22H,1H3,(H2,14,18)(H,17,23). The molecule has 0 unspecified atom stereocenters. The van der Waals surface area contributed by atoms with Crippen molar-refractivity contribution in [2.45, 2.75) is 6.92 Å². The first-order valence-corrected chi connectivity index (χ1v) is 6.70. The molecule has 0 fully saturated rings. The first-order valence-electron chi connectivity index (χ1n) is 6.70. The molecule has 0 bridgehead atoms. The number of phenols is 1. The van der Waals surface area contributed by atoms with Gasteiger partial charge in [0.15, 0.2) is 5.69 Å². The highest BCUT2D eigenvalue weighted by Gasteiger charge is 2.20. The molecule has 0 aliphatic rings. The third kappa shape index (κ3) is 2.77. The number of benzene rings is 1. The van der Waals surface area contributed by atoms with Crippen LogP contribution in [0.1, 0.15) is 21.7 Å². The summed E-state index contributed by atoms with van der Waals surface area (Å²) in [4.78, 5) is 12.1. The zero-order valence-electron chi connectivity index (χ0n) is 12.4. The van der Waals surface area contributed by atoms with Crippen LogP contribution in [-0.4, -0.2) is 42.5 Å². The number of aromatic nitrogens is 5. The van der Waals surface area contributed by atoms with Crippen molar-refractivity contribution in [1.29, 1.82) is 0 Å². The van der Waals surface area contributed by atoms with Crippen LogP contribution < -0.4 is 11.2 Å². The van der Waals surface area contributed by atoms with Gasteiger partial charge in [0, 0.05) is 5.56 Å². The van der Waals surface area contributed by atoms with Crippen molar-refractivity contribution < 1.29 is 14.5 Å². The maximum Gasteiger partial charge on any atom is 0.293 e. The third-order valence-corrected chi connectivity index (χ3v) is 3.11. The predicted octanol–water partition coefficient (Wildman–Crippen LogP) is 0.0104. The second kappa shape index (κ2) is 6.16. The largest absolute Gasteiger partial charge is 0.507 e. The van der Waals surface area contributed by atoms with E-state index in [1.807, 2.05) is 0 Å². The van der Waals surface area contributed by atoms with Gasteiger partial charge in [-0.1, -0.05) is 17.3 Å². The number of hydrogen-bond donors (Lipinski definition) is 3. The average Bonchev–Trinajstić information content (AvgIpc) is 3.14. The second-order valence-corrected chi connectivity index (χ2v) is 4.67. The molecular weight excluding hydrogens is 316 g/mol. The highest BCUT2D eigenvalue weighted by Crippen LogP contribution is 2.15. The van der Waals surface area contributed by atoms with Crippen LogP contribution in [-0.2, 0) is 0 Å². The van der Waals surface area contributed by atoms with E-state index in [0.717, 1.165) is 0 Å². The molecule has 11 heteroatoms. The van der Waals surface area contributed by atoms with Gasteiger partial charge in [-0.25, -0.2) is 10.1 Å². The van der Waals surface area contributed by atoms with Crippen LogP contribution in [0.4, 0.5) is 5.82 Å². The molecule has 3 rings (SSSR count). The number of carbonyl (C=O) groups excluding carboxylic acids is 1. The van der Waals surface area contributed by atoms with Crippen molar-refractivity contribution in [3.8, 4) is 11.6 Å². The van der Waals surface area contributed by atoms with E-state index >= 15 is 0 Å². The van der Waals surface area contributed by atoms with Gasteiger partial charge in [0.25, 0.3) is 5.91 Å². The number of para-hydroxylation sites is 1. The minimum absolute atomic E-state index is 0.0209. The molecule has 1 amide bonds. The van der Waals surface area contributed by atoms with Gasteiger partial charge in [-0.15, -0.1) is 5.10 Å². The predicted molar refractivity (Wildman–Crippen MR) is 81.5 cm³/mol. The van der Waals surface area contributed by atoms with E-state index in [1.165, 1.54) is 17.0 Å². The van der Waals surface area contributed by atoms with Gasteiger partial charge >= 0.3 is 0 Å². The minimum atomic E-state index is -0.583. The molecule has 24 heavy (non-hydrogen) atoms. The minimum Gasteiger partial charge on any atom is -0.507 e. The number of nitrogen functional groups attached to an aromatic ring is 1. The molecule has 2 heterocycles. The van der Waals surface area contributed by atoms with E-state index in [4.69, 9.17) is 5.73 Å². The summed E-state index contributed by atoms with van der Waals surface area (Å²) >= 11 is 0. The van der Waals surface area contributed by atoms with Gasteiger partial charge in [-0.05, 0) is 29.4 Å². The smallest absolute Gasteiger partial charge is 0.293 e. The molecule has 0 atom stereocenters. The van der Waals surface area contributed by atoms with Crippen LogP contribution >= 0.6 is 0 Å². The van der Waals surface area contributed by atoms with Crippen molar-refractivity contribution in [3.63, 3.8) is 0 Å². The fourth-order valence-corrected chi connectivity index (χ4v) is 1.89. The molecule has 0 aliphatic carbocycles. The summed E-state index contributed by atoms with van der Waals surface area (Å²) in [5.74, 6) is -0.378. The van der Waals surface area contributed by atoms with E-state index in [9.17, 15) is 9.90 Å². The number of nitrogens with zero attached hydrogens (tertiary/aromatic N) is 6. The van der Waals surface area contributed by atoms with E-state index < -0.39 is 5.91 Å². The molecule has 4 N–H and O–H groups in total. The molecule has 3 aromatic rings. The first kappa shape index (κ1) is 15.1. The number of carbonyl (C=O) groups is 1. The Morgan fingerprint density at radius 1 is 1.42 bits per heavy atom. The molecule has 0 spiro atoms. The molecule has 0 saturated carbocycles. The van der Waals surface area contributed by atoms with Crippen molar-refractivity contribution >= 4 is 17.9 Å². The Hall–Kier alpha value is -3.76. The van der Waals surface area contributed by atoms with Gasteiger partial charge in [0.1, 0.15) is 5.75 Å². The molecule has 0 saturated heterocycles. The molecule has 1 aromatic carbocycles. The quantitative estimate of drug-likeness (QED) is 0.446. The Kier molecular flexibility index (Phi) is 3.89. The van der Waals surface area contributed by atoms with E-state index in [2.05, 4.69) is 35.8 Å². The lowest BCUT2D eigenvalue weighted by Gasteiger charge is -2.00. The Labute approximate surface area is 134 Å². The molecule has 122 valence electrons. The number of nitrogens with one attached hydrogen (secondary N) is 1. The van der Waals surface area contributed by atoms with Crippen molar-refractivity contribution in [3.05, 3.63) is 41.2 Å². The highest BCUT2D eigenvalue weighted by molar-refractivity contribution is 5.94. The number of anilines is 1. The third-order valence-electron chi connectivity index (χ3n) is 3.11. The summed E-state index contributed by atoms with van der Waals surface area (Å²) in [6.07, 6.45) is 1.31. The van der Waals surface area contributed by atoms with Crippen LogP contribution in [0, 0.1) is 6.92 Å². The Morgan fingerprint density at radius 2 is 2.21 bits per heavy atom. The lowest BCUT2D eigenvalue weighted by molar-refractivity contribution is 0.0949. The fourth-order valence-electron chi connectivity index (χ4n) is 1.89. The summed E-state index contributed by atoms with van der Waals surface area (Å²) < 4.78 is 5.72. The zero-order chi connectivity index (χ0) is 17.1. The number of hydrogen-bond acceptors (Lipinski definition) is 9. The Bertz CT molecular complexity index is 914. The molecule has 0 aliphatic heterocycles.